The Morgan fingerprint density at radius 3 is 2.55 bits per heavy atom. The van der Waals surface area contributed by atoms with E-state index in [0.717, 1.165) is 5.56 Å². The van der Waals surface area contributed by atoms with Gasteiger partial charge in [0.15, 0.2) is 0 Å². The van der Waals surface area contributed by atoms with Crippen molar-refractivity contribution in [2.24, 2.45) is 10.7 Å². The van der Waals surface area contributed by atoms with E-state index in [9.17, 15) is 4.79 Å². The third kappa shape index (κ3) is 4.33. The molecule has 0 unspecified atom stereocenters. The topological polar surface area (TPSA) is 67.5 Å². The van der Waals surface area contributed by atoms with Gasteiger partial charge in [0.25, 0.3) is 5.91 Å². The smallest absolute Gasteiger partial charge is 0.253 e. The van der Waals surface area contributed by atoms with Gasteiger partial charge >= 0.3 is 0 Å². The number of aliphatic imine (C=N–C) groups is 1. The van der Waals surface area contributed by atoms with Gasteiger partial charge in [-0.2, -0.15) is 0 Å². The summed E-state index contributed by atoms with van der Waals surface area (Å²) in [6.45, 7) is 2.49. The molecule has 114 valence electrons. The van der Waals surface area contributed by atoms with E-state index in [-0.39, 0.29) is 17.6 Å². The summed E-state index contributed by atoms with van der Waals surface area (Å²) >= 11 is 5.63. The van der Waals surface area contributed by atoms with E-state index in [1.165, 1.54) is 5.56 Å². The maximum Gasteiger partial charge on any atom is 0.253 e. The first-order chi connectivity index (χ1) is 10.6. The van der Waals surface area contributed by atoms with Crippen molar-refractivity contribution >= 4 is 29.0 Å². The van der Waals surface area contributed by atoms with Crippen molar-refractivity contribution in [3.05, 3.63) is 65.2 Å². The Bertz CT molecular complexity index is 681. The van der Waals surface area contributed by atoms with Gasteiger partial charge in [-0.1, -0.05) is 42.0 Å². The predicted molar refractivity (Wildman–Crippen MR) is 90.8 cm³/mol. The number of para-hydroxylation sites is 1. The number of rotatable bonds is 5. The van der Waals surface area contributed by atoms with E-state index in [2.05, 4.69) is 10.3 Å². The number of amidine groups is 1. The number of benzene rings is 2. The third-order valence-corrected chi connectivity index (χ3v) is 3.40. The van der Waals surface area contributed by atoms with Crippen molar-refractivity contribution < 1.29 is 4.79 Å². The summed E-state index contributed by atoms with van der Waals surface area (Å²) in [4.78, 5) is 16.5. The molecule has 0 atom stereocenters. The molecular weight excluding hydrogens is 298 g/mol. The molecule has 22 heavy (non-hydrogen) atoms. The summed E-state index contributed by atoms with van der Waals surface area (Å²) in [5, 5.41) is 2.88. The zero-order valence-corrected chi connectivity index (χ0v) is 13.1. The molecule has 4 nitrogen and oxygen atoms in total. The van der Waals surface area contributed by atoms with Crippen LogP contribution < -0.4 is 11.1 Å². The van der Waals surface area contributed by atoms with Crippen molar-refractivity contribution in [2.75, 3.05) is 5.88 Å². The molecule has 0 fully saturated rings. The van der Waals surface area contributed by atoms with Crippen molar-refractivity contribution in [3.63, 3.8) is 0 Å². The van der Waals surface area contributed by atoms with Gasteiger partial charge in [0, 0.05) is 6.54 Å². The highest BCUT2D eigenvalue weighted by Crippen LogP contribution is 2.18. The van der Waals surface area contributed by atoms with E-state index in [1.807, 2.05) is 31.2 Å². The molecule has 0 aromatic heterocycles. The first-order valence-electron chi connectivity index (χ1n) is 6.92. The van der Waals surface area contributed by atoms with Crippen LogP contribution in [0.1, 0.15) is 21.5 Å². The molecule has 0 spiro atoms. The van der Waals surface area contributed by atoms with Crippen LogP contribution in [0.2, 0.25) is 0 Å². The summed E-state index contributed by atoms with van der Waals surface area (Å²) in [5.41, 5.74) is 8.86. The summed E-state index contributed by atoms with van der Waals surface area (Å²) < 4.78 is 0. The molecule has 2 rings (SSSR count). The van der Waals surface area contributed by atoms with Gasteiger partial charge in [-0.3, -0.25) is 4.79 Å². The lowest BCUT2D eigenvalue weighted by atomic mass is 10.1. The fraction of sp³-hybridized carbons (Fsp3) is 0.176. The van der Waals surface area contributed by atoms with Crippen LogP contribution >= 0.6 is 11.6 Å². The number of carbonyl (C=O) groups is 1. The van der Waals surface area contributed by atoms with Crippen LogP contribution in [0.3, 0.4) is 0 Å². The molecule has 5 heteroatoms. The molecule has 0 radical (unpaired) electrons. The fourth-order valence-corrected chi connectivity index (χ4v) is 1.99. The van der Waals surface area contributed by atoms with Crippen LogP contribution in [-0.4, -0.2) is 17.6 Å². The largest absolute Gasteiger partial charge is 0.386 e. The average Bonchev–Trinajstić information content (AvgIpc) is 2.54. The molecule has 0 aliphatic rings. The highest BCUT2D eigenvalue weighted by Gasteiger charge is 2.10. The van der Waals surface area contributed by atoms with E-state index >= 15 is 0 Å². The summed E-state index contributed by atoms with van der Waals surface area (Å²) in [6.07, 6.45) is 0. The van der Waals surface area contributed by atoms with Crippen molar-refractivity contribution in [1.82, 2.24) is 5.32 Å². The molecule has 0 bridgehead atoms. The summed E-state index contributed by atoms with van der Waals surface area (Å²) in [7, 11) is 0. The number of nitrogens with zero attached hydrogens (tertiary/aromatic N) is 1. The van der Waals surface area contributed by atoms with Crippen LogP contribution in [-0.2, 0) is 6.54 Å². The zero-order valence-electron chi connectivity index (χ0n) is 12.3. The zero-order chi connectivity index (χ0) is 15.9. The van der Waals surface area contributed by atoms with Gasteiger partial charge in [0.2, 0.25) is 0 Å². The Morgan fingerprint density at radius 1 is 1.18 bits per heavy atom. The highest BCUT2D eigenvalue weighted by molar-refractivity contribution is 6.28. The molecule has 2 aromatic rings. The standard InChI is InChI=1S/C17H18ClN3O/c1-12-6-8-13(9-7-12)11-20-17(22)14-4-2-3-5-15(14)21-16(19)10-18/h2-9H,10-11H2,1H3,(H2,19,21)(H,20,22). The number of hydrogen-bond acceptors (Lipinski definition) is 2. The molecular formula is C17H18ClN3O. The van der Waals surface area contributed by atoms with Crippen LogP contribution in [0.5, 0.6) is 0 Å². The molecule has 0 saturated carbocycles. The minimum atomic E-state index is -0.192. The van der Waals surface area contributed by atoms with Crippen LogP contribution in [0.25, 0.3) is 0 Å². The van der Waals surface area contributed by atoms with E-state index in [4.69, 9.17) is 17.3 Å². The second kappa shape index (κ2) is 7.61. The van der Waals surface area contributed by atoms with Gasteiger partial charge in [-0.25, -0.2) is 4.99 Å². The highest BCUT2D eigenvalue weighted by atomic mass is 35.5. The predicted octanol–water partition coefficient (Wildman–Crippen LogP) is 3.15. The number of alkyl halides is 1. The minimum absolute atomic E-state index is 0.124. The number of amides is 1. The number of carbonyl (C=O) groups excluding carboxylic acids is 1. The summed E-state index contributed by atoms with van der Waals surface area (Å²) in [5.74, 6) is 0.210. The van der Waals surface area contributed by atoms with Crippen molar-refractivity contribution in [3.8, 4) is 0 Å². The molecule has 3 N–H and O–H groups in total. The van der Waals surface area contributed by atoms with Gasteiger partial charge in [0.1, 0.15) is 5.84 Å². The lowest BCUT2D eigenvalue weighted by Gasteiger charge is -2.08. The average molecular weight is 316 g/mol. The fourth-order valence-electron chi connectivity index (χ4n) is 1.93. The summed E-state index contributed by atoms with van der Waals surface area (Å²) in [6, 6.07) is 15.1. The number of hydrogen-bond donors (Lipinski definition) is 2. The van der Waals surface area contributed by atoms with E-state index in [1.54, 1.807) is 24.3 Å². The number of nitrogens with one attached hydrogen (secondary N) is 1. The second-order valence-corrected chi connectivity index (χ2v) is 5.19. The van der Waals surface area contributed by atoms with Crippen molar-refractivity contribution in [1.29, 1.82) is 0 Å². The third-order valence-electron chi connectivity index (χ3n) is 3.12. The van der Waals surface area contributed by atoms with E-state index < -0.39 is 0 Å². The number of nitrogens with two attached hydrogens (primary N) is 1. The maximum absolute atomic E-state index is 12.3. The van der Waals surface area contributed by atoms with Crippen LogP contribution in [0.4, 0.5) is 5.69 Å². The van der Waals surface area contributed by atoms with E-state index in [0.29, 0.717) is 17.8 Å². The monoisotopic (exact) mass is 315 g/mol. The first-order valence-corrected chi connectivity index (χ1v) is 7.45. The first kappa shape index (κ1) is 16.0. The SMILES string of the molecule is Cc1ccc(CNC(=O)c2ccccc2N=C(N)CCl)cc1. The maximum atomic E-state index is 12.3. The van der Waals surface area contributed by atoms with Gasteiger partial charge in [0.05, 0.1) is 17.1 Å². The normalized spacial score (nSPS) is 11.3. The lowest BCUT2D eigenvalue weighted by molar-refractivity contribution is 0.0951. The van der Waals surface area contributed by atoms with Gasteiger partial charge < -0.3 is 11.1 Å². The Kier molecular flexibility index (Phi) is 5.55. The van der Waals surface area contributed by atoms with Gasteiger partial charge in [-0.15, -0.1) is 11.6 Å². The molecule has 0 aliphatic heterocycles. The number of halogens is 1. The molecule has 0 heterocycles. The molecule has 0 aliphatic carbocycles. The number of aryl methyl sites for hydroxylation is 1. The quantitative estimate of drug-likeness (QED) is 0.505. The van der Waals surface area contributed by atoms with Crippen LogP contribution in [0.15, 0.2) is 53.5 Å². The lowest BCUT2D eigenvalue weighted by Crippen LogP contribution is -2.23. The second-order valence-electron chi connectivity index (χ2n) is 4.92. The molecule has 2 aromatic carbocycles. The molecule has 1 amide bonds. The van der Waals surface area contributed by atoms with Gasteiger partial charge in [-0.05, 0) is 24.6 Å². The van der Waals surface area contributed by atoms with Crippen molar-refractivity contribution in [2.45, 2.75) is 13.5 Å². The Balaban J connectivity index is 2.11. The minimum Gasteiger partial charge on any atom is -0.386 e. The Labute approximate surface area is 135 Å². The molecule has 0 saturated heterocycles. The Hall–Kier alpha value is -2.33. The van der Waals surface area contributed by atoms with Crippen LogP contribution in [0, 0.1) is 6.92 Å². The Morgan fingerprint density at radius 2 is 1.86 bits per heavy atom.